The highest BCUT2D eigenvalue weighted by atomic mass is 35.5. The van der Waals surface area contributed by atoms with Gasteiger partial charge in [0.1, 0.15) is 6.10 Å². The zero-order valence-electron chi connectivity index (χ0n) is 5.66. The fourth-order valence-electron chi connectivity index (χ4n) is 1.14. The van der Waals surface area contributed by atoms with Crippen molar-refractivity contribution in [2.75, 3.05) is 0 Å². The molecule has 0 saturated heterocycles. The molecule has 1 unspecified atom stereocenters. The number of hydrogen-bond acceptors (Lipinski definition) is 1. The highest BCUT2D eigenvalue weighted by Gasteiger charge is 2.53. The summed E-state index contributed by atoms with van der Waals surface area (Å²) in [7, 11) is 0. The molecule has 1 fully saturated rings. The molecule has 0 aliphatic heterocycles. The van der Waals surface area contributed by atoms with Crippen molar-refractivity contribution in [3.8, 4) is 0 Å². The van der Waals surface area contributed by atoms with E-state index in [9.17, 15) is 8.78 Å². The van der Waals surface area contributed by atoms with Crippen LogP contribution in [0, 0.1) is 0 Å². The van der Waals surface area contributed by atoms with E-state index >= 15 is 0 Å². The first-order valence-corrected chi connectivity index (χ1v) is 4.05. The summed E-state index contributed by atoms with van der Waals surface area (Å²) in [5.41, 5.74) is 0. The zero-order valence-corrected chi connectivity index (χ0v) is 7.17. The van der Waals surface area contributed by atoms with E-state index in [2.05, 4.69) is 0 Å². The summed E-state index contributed by atoms with van der Waals surface area (Å²) in [5.74, 6) is 0. The standard InChI is InChI=1S/C6H8Cl2F2O/c7-5(9)2-1-3-6(8,10)4(5)11/h4,11H,1-3H2/t4?,5-,6+. The Morgan fingerprint density at radius 1 is 1.18 bits per heavy atom. The van der Waals surface area contributed by atoms with Crippen LogP contribution in [0.3, 0.4) is 0 Å². The molecule has 3 atom stereocenters. The summed E-state index contributed by atoms with van der Waals surface area (Å²) < 4.78 is 25.9. The molecule has 1 aliphatic rings. The highest BCUT2D eigenvalue weighted by Crippen LogP contribution is 2.45. The van der Waals surface area contributed by atoms with Crippen LogP contribution in [0.25, 0.3) is 0 Å². The Morgan fingerprint density at radius 3 is 1.82 bits per heavy atom. The molecule has 0 radical (unpaired) electrons. The number of aliphatic hydroxyl groups excluding tert-OH is 1. The minimum absolute atomic E-state index is 0.0614. The number of aliphatic hydroxyl groups is 1. The molecule has 11 heavy (non-hydrogen) atoms. The first-order valence-electron chi connectivity index (χ1n) is 3.30. The molecule has 1 rings (SSSR count). The smallest absolute Gasteiger partial charge is 0.213 e. The van der Waals surface area contributed by atoms with Crippen LogP contribution in [0.1, 0.15) is 19.3 Å². The maximum absolute atomic E-state index is 13.0. The van der Waals surface area contributed by atoms with Gasteiger partial charge in [0.05, 0.1) is 0 Å². The number of rotatable bonds is 0. The second kappa shape index (κ2) is 2.71. The van der Waals surface area contributed by atoms with Crippen molar-refractivity contribution < 1.29 is 13.9 Å². The molecule has 0 amide bonds. The number of hydrogen-bond donors (Lipinski definition) is 1. The molecular weight excluding hydrogens is 197 g/mol. The van der Waals surface area contributed by atoms with Gasteiger partial charge < -0.3 is 5.11 Å². The summed E-state index contributed by atoms with van der Waals surface area (Å²) >= 11 is 10.3. The Kier molecular flexibility index (Phi) is 2.34. The van der Waals surface area contributed by atoms with Crippen LogP contribution in [0.5, 0.6) is 0 Å². The van der Waals surface area contributed by atoms with Crippen LogP contribution in [0.15, 0.2) is 0 Å². The quantitative estimate of drug-likeness (QED) is 0.601. The number of alkyl halides is 4. The van der Waals surface area contributed by atoms with Crippen molar-refractivity contribution in [2.24, 2.45) is 0 Å². The van der Waals surface area contributed by atoms with Gasteiger partial charge in [-0.3, -0.25) is 0 Å². The molecule has 1 N–H and O–H groups in total. The van der Waals surface area contributed by atoms with Crippen LogP contribution >= 0.6 is 23.2 Å². The summed E-state index contributed by atoms with van der Waals surface area (Å²) in [6.45, 7) is 0. The number of halogens is 4. The predicted octanol–water partition coefficient (Wildman–Crippen LogP) is 2.34. The average molecular weight is 205 g/mol. The van der Waals surface area contributed by atoms with Crippen molar-refractivity contribution in [3.05, 3.63) is 0 Å². The van der Waals surface area contributed by atoms with Crippen molar-refractivity contribution in [1.82, 2.24) is 0 Å². The van der Waals surface area contributed by atoms with Gasteiger partial charge in [0, 0.05) is 0 Å². The lowest BCUT2D eigenvalue weighted by Crippen LogP contribution is -2.49. The largest absolute Gasteiger partial charge is 0.384 e. The molecular formula is C6H8Cl2F2O. The molecule has 1 aliphatic carbocycles. The molecule has 0 spiro atoms. The minimum atomic E-state index is -2.41. The van der Waals surface area contributed by atoms with Gasteiger partial charge in [-0.1, -0.05) is 23.2 Å². The lowest BCUT2D eigenvalue weighted by molar-refractivity contribution is -0.0590. The third-order valence-electron chi connectivity index (χ3n) is 1.82. The van der Waals surface area contributed by atoms with E-state index in [4.69, 9.17) is 28.3 Å². The van der Waals surface area contributed by atoms with Crippen LogP contribution < -0.4 is 0 Å². The molecule has 0 aromatic rings. The first kappa shape index (κ1) is 9.49. The van der Waals surface area contributed by atoms with Gasteiger partial charge in [-0.2, -0.15) is 0 Å². The SMILES string of the molecule is OC1[C@@](F)(Cl)CCC[C@@]1(F)Cl. The molecule has 0 bridgehead atoms. The van der Waals surface area contributed by atoms with E-state index in [1.807, 2.05) is 0 Å². The van der Waals surface area contributed by atoms with E-state index in [0.717, 1.165) is 0 Å². The lowest BCUT2D eigenvalue weighted by atomic mass is 9.93. The van der Waals surface area contributed by atoms with E-state index < -0.39 is 16.4 Å². The second-order valence-electron chi connectivity index (χ2n) is 2.78. The zero-order chi connectivity index (χ0) is 8.70. The second-order valence-corrected chi connectivity index (χ2v) is 4.03. The van der Waals surface area contributed by atoms with E-state index in [-0.39, 0.29) is 19.3 Å². The molecule has 5 heteroatoms. The molecule has 66 valence electrons. The highest BCUT2D eigenvalue weighted by molar-refractivity contribution is 6.27. The van der Waals surface area contributed by atoms with Gasteiger partial charge in [-0.05, 0) is 19.3 Å². The Morgan fingerprint density at radius 2 is 1.55 bits per heavy atom. The normalized spacial score (nSPS) is 52.6. The van der Waals surface area contributed by atoms with Crippen molar-refractivity contribution in [1.29, 1.82) is 0 Å². The van der Waals surface area contributed by atoms with Crippen LogP contribution in [0.4, 0.5) is 8.78 Å². The van der Waals surface area contributed by atoms with Crippen molar-refractivity contribution in [3.63, 3.8) is 0 Å². The van der Waals surface area contributed by atoms with Crippen LogP contribution in [-0.4, -0.2) is 21.5 Å². The van der Waals surface area contributed by atoms with Crippen molar-refractivity contribution >= 4 is 23.2 Å². The van der Waals surface area contributed by atoms with Crippen LogP contribution in [-0.2, 0) is 0 Å². The van der Waals surface area contributed by atoms with E-state index in [0.29, 0.717) is 0 Å². The van der Waals surface area contributed by atoms with E-state index in [1.54, 1.807) is 0 Å². The van der Waals surface area contributed by atoms with Gasteiger partial charge in [0.15, 0.2) is 0 Å². The molecule has 0 heterocycles. The molecule has 0 aromatic heterocycles. The maximum atomic E-state index is 13.0. The third-order valence-corrected chi connectivity index (χ3v) is 2.61. The summed E-state index contributed by atoms with van der Waals surface area (Å²) in [5, 5.41) is 4.13. The molecule has 0 aromatic carbocycles. The van der Waals surface area contributed by atoms with E-state index in [1.165, 1.54) is 0 Å². The molecule has 1 saturated carbocycles. The Hall–Kier alpha value is 0.400. The predicted molar refractivity (Wildman–Crippen MR) is 39.2 cm³/mol. The van der Waals surface area contributed by atoms with Crippen LogP contribution in [0.2, 0.25) is 0 Å². The monoisotopic (exact) mass is 204 g/mol. The third kappa shape index (κ3) is 1.76. The van der Waals surface area contributed by atoms with Gasteiger partial charge in [-0.25, -0.2) is 8.78 Å². The van der Waals surface area contributed by atoms with Crippen molar-refractivity contribution in [2.45, 2.75) is 35.6 Å². The Bertz CT molecular complexity index is 145. The average Bonchev–Trinajstić information content (AvgIpc) is 1.82. The summed E-state index contributed by atoms with van der Waals surface area (Å²) in [4.78, 5) is 0. The maximum Gasteiger partial charge on any atom is 0.213 e. The molecule has 1 nitrogen and oxygen atoms in total. The van der Waals surface area contributed by atoms with Gasteiger partial charge >= 0.3 is 0 Å². The minimum Gasteiger partial charge on any atom is -0.384 e. The Balaban J connectivity index is 2.76. The van der Waals surface area contributed by atoms with Gasteiger partial charge in [-0.15, -0.1) is 0 Å². The Labute approximate surface area is 73.3 Å². The summed E-state index contributed by atoms with van der Waals surface area (Å²) in [6, 6.07) is 0. The summed E-state index contributed by atoms with van der Waals surface area (Å²) in [6.07, 6.45) is -1.81. The van der Waals surface area contributed by atoms with Gasteiger partial charge in [0.25, 0.3) is 0 Å². The topological polar surface area (TPSA) is 20.2 Å². The first-order chi connectivity index (χ1) is 4.86. The fourth-order valence-corrected chi connectivity index (χ4v) is 1.81. The lowest BCUT2D eigenvalue weighted by Gasteiger charge is -2.36. The fraction of sp³-hybridized carbons (Fsp3) is 1.00. The van der Waals surface area contributed by atoms with Gasteiger partial charge in [0.2, 0.25) is 10.3 Å².